The molecule has 0 saturated carbocycles. The molecule has 1 saturated heterocycles. The minimum atomic E-state index is -0.693. The Hall–Kier alpha value is -4.05. The summed E-state index contributed by atoms with van der Waals surface area (Å²) in [7, 11) is 1.72. The number of carbonyl (C=O) groups is 2. The fraction of sp³-hybridized carbons (Fsp3) is 0.345. The molecule has 0 bridgehead atoms. The molecule has 0 aliphatic carbocycles. The second kappa shape index (κ2) is 10.8. The average Bonchev–Trinajstić information content (AvgIpc) is 3.34. The highest BCUT2D eigenvalue weighted by Gasteiger charge is 2.36. The number of aromatic nitrogens is 4. The molecule has 0 unspecified atom stereocenters. The SMILES string of the molecule is Cn1cc(-c2ccc(C(=O)N(c3nccc4cc(Cl)ccc34)[C@@H]3CCCN(C(=O)OC(C)(C)C)C3)c(F)c2)nn1. The Labute approximate surface area is 236 Å². The Morgan fingerprint density at radius 1 is 1.15 bits per heavy atom. The maximum Gasteiger partial charge on any atom is 0.410 e. The van der Waals surface area contributed by atoms with Crippen LogP contribution in [0.25, 0.3) is 22.0 Å². The Morgan fingerprint density at radius 2 is 1.95 bits per heavy atom. The lowest BCUT2D eigenvalue weighted by atomic mass is 10.0. The second-order valence-corrected chi connectivity index (χ2v) is 11.3. The van der Waals surface area contributed by atoms with Crippen LogP contribution < -0.4 is 4.90 Å². The summed E-state index contributed by atoms with van der Waals surface area (Å²) < 4.78 is 22.7. The lowest BCUT2D eigenvalue weighted by Crippen LogP contribution is -2.53. The molecule has 1 aliphatic rings. The van der Waals surface area contributed by atoms with Crippen molar-refractivity contribution in [1.29, 1.82) is 0 Å². The molecule has 11 heteroatoms. The van der Waals surface area contributed by atoms with Gasteiger partial charge in [0.2, 0.25) is 0 Å². The van der Waals surface area contributed by atoms with Crippen LogP contribution in [0.15, 0.2) is 54.9 Å². The van der Waals surface area contributed by atoms with Crippen molar-refractivity contribution in [1.82, 2.24) is 24.9 Å². The van der Waals surface area contributed by atoms with Crippen LogP contribution in [-0.4, -0.2) is 61.6 Å². The number of rotatable bonds is 4. The van der Waals surface area contributed by atoms with Crippen molar-refractivity contribution in [3.63, 3.8) is 0 Å². The third-order valence-electron chi connectivity index (χ3n) is 6.66. The molecular weight excluding hydrogens is 535 g/mol. The van der Waals surface area contributed by atoms with E-state index in [2.05, 4.69) is 15.3 Å². The summed E-state index contributed by atoms with van der Waals surface area (Å²) in [4.78, 5) is 34.8. The second-order valence-electron chi connectivity index (χ2n) is 10.9. The molecule has 2 aromatic carbocycles. The number of anilines is 1. The smallest absolute Gasteiger partial charge is 0.410 e. The molecule has 9 nitrogen and oxygen atoms in total. The van der Waals surface area contributed by atoms with Gasteiger partial charge in [-0.2, -0.15) is 0 Å². The number of nitrogens with zero attached hydrogens (tertiary/aromatic N) is 6. The van der Waals surface area contributed by atoms with Crippen molar-refractivity contribution < 1.29 is 18.7 Å². The number of piperidine rings is 1. The van der Waals surface area contributed by atoms with Crippen LogP contribution in [0.3, 0.4) is 0 Å². The van der Waals surface area contributed by atoms with Crippen LogP contribution in [0.4, 0.5) is 15.0 Å². The number of likely N-dealkylation sites (tertiary alicyclic amines) is 1. The highest BCUT2D eigenvalue weighted by atomic mass is 35.5. The Balaban J connectivity index is 1.56. The molecule has 40 heavy (non-hydrogen) atoms. The van der Waals surface area contributed by atoms with Crippen molar-refractivity contribution in [3.05, 3.63) is 71.3 Å². The zero-order chi connectivity index (χ0) is 28.6. The van der Waals surface area contributed by atoms with Gasteiger partial charge < -0.3 is 9.64 Å². The first-order chi connectivity index (χ1) is 19.0. The first-order valence-corrected chi connectivity index (χ1v) is 13.4. The number of pyridine rings is 1. The minimum Gasteiger partial charge on any atom is -0.444 e. The van der Waals surface area contributed by atoms with Gasteiger partial charge in [-0.05, 0) is 75.4 Å². The van der Waals surface area contributed by atoms with Crippen LogP contribution in [0.1, 0.15) is 44.0 Å². The van der Waals surface area contributed by atoms with Crippen LogP contribution in [0.5, 0.6) is 0 Å². The van der Waals surface area contributed by atoms with E-state index in [1.54, 1.807) is 75.4 Å². The van der Waals surface area contributed by atoms with Crippen molar-refractivity contribution in [3.8, 4) is 11.3 Å². The maximum absolute atomic E-state index is 15.6. The number of fused-ring (bicyclic) bond motifs is 1. The molecule has 4 aromatic rings. The molecule has 0 spiro atoms. The quantitative estimate of drug-likeness (QED) is 0.308. The van der Waals surface area contributed by atoms with E-state index in [1.165, 1.54) is 21.7 Å². The van der Waals surface area contributed by atoms with Gasteiger partial charge in [-0.15, -0.1) is 5.10 Å². The average molecular weight is 565 g/mol. The molecule has 0 radical (unpaired) electrons. The zero-order valence-electron chi connectivity index (χ0n) is 22.8. The van der Waals surface area contributed by atoms with E-state index in [9.17, 15) is 9.59 Å². The predicted molar refractivity (Wildman–Crippen MR) is 151 cm³/mol. The summed E-state index contributed by atoms with van der Waals surface area (Å²) in [5.41, 5.74) is 0.213. The molecule has 3 heterocycles. The van der Waals surface area contributed by atoms with Gasteiger partial charge in [-0.1, -0.05) is 22.9 Å². The normalized spacial score (nSPS) is 15.8. The molecule has 2 aromatic heterocycles. The summed E-state index contributed by atoms with van der Waals surface area (Å²) in [5.74, 6) is -0.886. The number of hydrogen-bond donors (Lipinski definition) is 0. The zero-order valence-corrected chi connectivity index (χ0v) is 23.5. The number of hydrogen-bond acceptors (Lipinski definition) is 6. The number of carbonyl (C=O) groups excluding carboxylic acids is 2. The molecule has 2 amide bonds. The highest BCUT2D eigenvalue weighted by Crippen LogP contribution is 2.33. The molecule has 0 N–H and O–H groups in total. The largest absolute Gasteiger partial charge is 0.444 e. The molecular formula is C29H30ClFN6O3. The first-order valence-electron chi connectivity index (χ1n) is 13.0. The van der Waals surface area contributed by atoms with E-state index in [0.717, 1.165) is 5.39 Å². The third-order valence-corrected chi connectivity index (χ3v) is 6.90. The van der Waals surface area contributed by atoms with Crippen molar-refractivity contribution in [2.45, 2.75) is 45.3 Å². The van der Waals surface area contributed by atoms with Gasteiger partial charge in [0.25, 0.3) is 5.91 Å². The summed E-state index contributed by atoms with van der Waals surface area (Å²) >= 11 is 6.23. The fourth-order valence-corrected chi connectivity index (χ4v) is 5.06. The highest BCUT2D eigenvalue weighted by molar-refractivity contribution is 6.31. The predicted octanol–water partition coefficient (Wildman–Crippen LogP) is 5.87. The number of ether oxygens (including phenoxy) is 1. The summed E-state index contributed by atoms with van der Waals surface area (Å²) in [5, 5.41) is 9.94. The van der Waals surface area contributed by atoms with Crippen LogP contribution in [0, 0.1) is 5.82 Å². The van der Waals surface area contributed by atoms with E-state index in [1.807, 2.05) is 0 Å². The van der Waals surface area contributed by atoms with Crippen molar-refractivity contribution in [2.24, 2.45) is 7.05 Å². The molecule has 1 fully saturated rings. The van der Waals surface area contributed by atoms with Crippen LogP contribution in [-0.2, 0) is 11.8 Å². The fourth-order valence-electron chi connectivity index (χ4n) is 4.87. The lowest BCUT2D eigenvalue weighted by molar-refractivity contribution is 0.0196. The lowest BCUT2D eigenvalue weighted by Gasteiger charge is -2.39. The first kappa shape index (κ1) is 27.5. The van der Waals surface area contributed by atoms with Gasteiger partial charge in [0.1, 0.15) is 22.9 Å². The van der Waals surface area contributed by atoms with Gasteiger partial charge in [-0.3, -0.25) is 14.4 Å². The monoisotopic (exact) mass is 564 g/mol. The van der Waals surface area contributed by atoms with Gasteiger partial charge in [-0.25, -0.2) is 14.2 Å². The van der Waals surface area contributed by atoms with Crippen LogP contribution in [0.2, 0.25) is 5.02 Å². The molecule has 1 atom stereocenters. The van der Waals surface area contributed by atoms with Crippen molar-refractivity contribution in [2.75, 3.05) is 18.0 Å². The van der Waals surface area contributed by atoms with E-state index in [4.69, 9.17) is 16.3 Å². The van der Waals surface area contributed by atoms with Gasteiger partial charge >= 0.3 is 6.09 Å². The minimum absolute atomic E-state index is 0.116. The van der Waals surface area contributed by atoms with Crippen LogP contribution >= 0.6 is 11.6 Å². The summed E-state index contributed by atoms with van der Waals surface area (Å²) in [6.45, 7) is 6.13. The number of aryl methyl sites for hydroxylation is 1. The Morgan fingerprint density at radius 3 is 2.65 bits per heavy atom. The van der Waals surface area contributed by atoms with E-state index < -0.39 is 29.5 Å². The topological polar surface area (TPSA) is 93.5 Å². The van der Waals surface area contributed by atoms with Crippen molar-refractivity contribution >= 4 is 40.2 Å². The Kier molecular flexibility index (Phi) is 7.46. The summed E-state index contributed by atoms with van der Waals surface area (Å²) in [6.07, 6.45) is 4.04. The van der Waals surface area contributed by atoms with E-state index >= 15 is 4.39 Å². The Bertz CT molecular complexity index is 1580. The standard InChI is InChI=1S/C29H30ClFN6O3/c1-29(2,3)40-28(39)36-13-5-6-21(16-36)37(26-22-10-8-20(30)14-18(22)11-12-32-26)27(38)23-9-7-19(15-24(23)31)25-17-35(4)34-33-25/h7-12,14-15,17,21H,5-6,13,16H2,1-4H3/t21-/m1/s1. The molecule has 208 valence electrons. The van der Waals surface area contributed by atoms with Gasteiger partial charge in [0.05, 0.1) is 17.8 Å². The molecule has 1 aliphatic heterocycles. The molecule has 5 rings (SSSR count). The number of amides is 2. The number of halogens is 2. The maximum atomic E-state index is 15.6. The summed E-state index contributed by atoms with van der Waals surface area (Å²) in [6, 6.07) is 11.0. The van der Waals surface area contributed by atoms with Gasteiger partial charge in [0, 0.05) is 42.3 Å². The number of benzene rings is 2. The van der Waals surface area contributed by atoms with E-state index in [0.29, 0.717) is 46.9 Å². The van der Waals surface area contributed by atoms with E-state index in [-0.39, 0.29) is 12.1 Å². The van der Waals surface area contributed by atoms with Gasteiger partial charge in [0.15, 0.2) is 0 Å². The third kappa shape index (κ3) is 5.77.